The molecule has 0 radical (unpaired) electrons. The Labute approximate surface area is 37.5 Å². The van der Waals surface area contributed by atoms with Gasteiger partial charge in [0.05, 0.1) is 0 Å². The van der Waals surface area contributed by atoms with Crippen molar-refractivity contribution in [3.8, 4) is 0 Å². The molecule has 38 valence electrons. The molecule has 0 rings (SSSR count). The number of rotatable bonds is 1. The van der Waals surface area contributed by atoms with Crippen molar-refractivity contribution in [2.75, 3.05) is 14.1 Å². The maximum Gasteiger partial charge on any atom is 0.206 e. The Hall–Kier alpha value is -0.570. The van der Waals surface area contributed by atoms with E-state index >= 15 is 0 Å². The average Bonchev–Trinajstić information content (AvgIpc) is 1.72. The zero-order valence-corrected chi connectivity index (χ0v) is 4.06. The lowest BCUT2D eigenvalue weighted by atomic mass is 11.2. The summed E-state index contributed by atoms with van der Waals surface area (Å²) in [5, 5.41) is 2.25. The summed E-state index contributed by atoms with van der Waals surface area (Å²) in [5.74, 6) is 0. The van der Waals surface area contributed by atoms with Gasteiger partial charge >= 0.3 is 0 Å². The summed E-state index contributed by atoms with van der Waals surface area (Å²) >= 11 is 0. The summed E-state index contributed by atoms with van der Waals surface area (Å²) in [6.45, 7) is 0. The van der Waals surface area contributed by atoms with E-state index in [1.54, 1.807) is 7.05 Å². The molecule has 0 bridgehead atoms. The largest absolute Gasteiger partial charge is 0.362 e. The average molecular weight is 90.1 g/mol. The van der Waals surface area contributed by atoms with Crippen LogP contribution in [0.15, 0.2) is 0 Å². The molecule has 0 aliphatic carbocycles. The van der Waals surface area contributed by atoms with Crippen molar-refractivity contribution >= 4 is 6.41 Å². The monoisotopic (exact) mass is 90.1 g/mol. The van der Waals surface area contributed by atoms with Gasteiger partial charge in [0.15, 0.2) is 0 Å². The number of amides is 1. The van der Waals surface area contributed by atoms with Crippen LogP contribution in [0.5, 0.6) is 0 Å². The van der Waals surface area contributed by atoms with Crippen LogP contribution in [0.1, 0.15) is 0 Å². The Morgan fingerprint density at radius 2 is 1.83 bits per heavy atom. The molecule has 3 nitrogen and oxygen atoms in total. The molecular weight excluding hydrogens is 80.0 g/mol. The molecule has 0 aliphatic heterocycles. The van der Waals surface area contributed by atoms with Gasteiger partial charge < -0.3 is 11.1 Å². The van der Waals surface area contributed by atoms with Gasteiger partial charge in [-0.2, -0.15) is 0 Å². The van der Waals surface area contributed by atoms with Gasteiger partial charge in [-0.3, -0.25) is 4.79 Å². The first kappa shape index (κ1) is 9.06. The van der Waals surface area contributed by atoms with Gasteiger partial charge in [0.1, 0.15) is 0 Å². The van der Waals surface area contributed by atoms with Crippen molar-refractivity contribution in [2.45, 2.75) is 0 Å². The molecule has 0 aromatic rings. The molecular formula is C3H10N2O. The summed E-state index contributed by atoms with van der Waals surface area (Å²) in [7, 11) is 3.06. The highest BCUT2D eigenvalue weighted by Crippen LogP contribution is 1.09. The normalized spacial score (nSPS) is 4.50. The zero-order chi connectivity index (χ0) is 5.41. The Kier molecular flexibility index (Phi) is 38.5. The fraction of sp³-hybridized carbons (Fsp3) is 0.667. The van der Waals surface area contributed by atoms with Gasteiger partial charge in [0, 0.05) is 7.05 Å². The Bertz CT molecular complexity index is 22.8. The molecule has 0 aromatic carbocycles. The van der Waals surface area contributed by atoms with E-state index in [4.69, 9.17) is 4.79 Å². The van der Waals surface area contributed by atoms with Gasteiger partial charge in [0.25, 0.3) is 0 Å². The first-order chi connectivity index (χ1) is 2.91. The predicted molar refractivity (Wildman–Crippen MR) is 25.2 cm³/mol. The SMILES string of the molecule is CN.CNC=O. The minimum absolute atomic E-state index is 0.625. The summed E-state index contributed by atoms with van der Waals surface area (Å²) < 4.78 is 0. The van der Waals surface area contributed by atoms with E-state index in [1.165, 1.54) is 7.05 Å². The summed E-state index contributed by atoms with van der Waals surface area (Å²) in [6, 6.07) is 0. The standard InChI is InChI=1S/C2H5NO.CH5N/c1-3-2-4;1-2/h2H,1H3,(H,3,4);2H2,1H3. The molecule has 0 heterocycles. The highest BCUT2D eigenvalue weighted by Gasteiger charge is 1.43. The van der Waals surface area contributed by atoms with Crippen LogP contribution in [0.2, 0.25) is 0 Å². The molecule has 0 saturated carbocycles. The van der Waals surface area contributed by atoms with Crippen LogP contribution >= 0.6 is 0 Å². The Morgan fingerprint density at radius 3 is 1.83 bits per heavy atom. The third-order valence-corrected chi connectivity index (χ3v) is 0.118. The van der Waals surface area contributed by atoms with Crippen LogP contribution < -0.4 is 11.1 Å². The van der Waals surface area contributed by atoms with E-state index in [9.17, 15) is 0 Å². The number of carbonyl (C=O) groups is 1. The fourth-order valence-electron chi connectivity index (χ4n) is 0. The number of hydrogen-bond acceptors (Lipinski definition) is 2. The Morgan fingerprint density at radius 1 is 1.67 bits per heavy atom. The molecule has 0 aliphatic rings. The second-order valence-corrected chi connectivity index (χ2v) is 0.407. The molecule has 0 spiro atoms. The molecule has 3 N–H and O–H groups in total. The van der Waals surface area contributed by atoms with Crippen molar-refractivity contribution in [1.82, 2.24) is 5.32 Å². The van der Waals surface area contributed by atoms with Crippen LogP contribution in [0.4, 0.5) is 0 Å². The smallest absolute Gasteiger partial charge is 0.206 e. The van der Waals surface area contributed by atoms with Crippen LogP contribution in [0, 0.1) is 0 Å². The van der Waals surface area contributed by atoms with E-state index in [2.05, 4.69) is 11.1 Å². The van der Waals surface area contributed by atoms with Crippen molar-refractivity contribution < 1.29 is 4.79 Å². The van der Waals surface area contributed by atoms with Gasteiger partial charge in [-0.05, 0) is 7.05 Å². The number of hydrogen-bond donors (Lipinski definition) is 2. The Balaban J connectivity index is 0. The zero-order valence-electron chi connectivity index (χ0n) is 4.06. The maximum absolute atomic E-state index is 9.06. The van der Waals surface area contributed by atoms with Crippen molar-refractivity contribution in [1.29, 1.82) is 0 Å². The van der Waals surface area contributed by atoms with Crippen LogP contribution in [0.25, 0.3) is 0 Å². The second-order valence-electron chi connectivity index (χ2n) is 0.407. The van der Waals surface area contributed by atoms with Crippen molar-refractivity contribution in [2.24, 2.45) is 5.73 Å². The van der Waals surface area contributed by atoms with Crippen LogP contribution in [-0.4, -0.2) is 20.5 Å². The predicted octanol–water partition coefficient (Wildman–Crippen LogP) is -1.06. The van der Waals surface area contributed by atoms with E-state index in [0.717, 1.165) is 0 Å². The summed E-state index contributed by atoms with van der Waals surface area (Å²) in [5.41, 5.74) is 4.50. The highest BCUT2D eigenvalue weighted by molar-refractivity contribution is 5.44. The quantitative estimate of drug-likeness (QED) is 0.403. The molecule has 3 heteroatoms. The first-order valence-electron chi connectivity index (χ1n) is 1.60. The molecule has 0 fully saturated rings. The van der Waals surface area contributed by atoms with E-state index in [1.807, 2.05) is 0 Å². The van der Waals surface area contributed by atoms with Gasteiger partial charge in [0.2, 0.25) is 6.41 Å². The third-order valence-electron chi connectivity index (χ3n) is 0.118. The van der Waals surface area contributed by atoms with E-state index < -0.39 is 0 Å². The summed E-state index contributed by atoms with van der Waals surface area (Å²) in [6.07, 6.45) is 0.625. The molecule has 0 aromatic heterocycles. The minimum Gasteiger partial charge on any atom is -0.362 e. The van der Waals surface area contributed by atoms with Gasteiger partial charge in [-0.15, -0.1) is 0 Å². The second kappa shape index (κ2) is 25.5. The van der Waals surface area contributed by atoms with E-state index in [0.29, 0.717) is 6.41 Å². The number of carbonyl (C=O) groups excluding carboxylic acids is 1. The highest BCUT2D eigenvalue weighted by atomic mass is 16.1. The topological polar surface area (TPSA) is 55.1 Å². The molecule has 6 heavy (non-hydrogen) atoms. The van der Waals surface area contributed by atoms with Crippen LogP contribution in [0.3, 0.4) is 0 Å². The summed E-state index contributed by atoms with van der Waals surface area (Å²) in [4.78, 5) is 9.06. The van der Waals surface area contributed by atoms with Gasteiger partial charge in [-0.25, -0.2) is 0 Å². The van der Waals surface area contributed by atoms with Crippen molar-refractivity contribution in [3.05, 3.63) is 0 Å². The van der Waals surface area contributed by atoms with Crippen molar-refractivity contribution in [3.63, 3.8) is 0 Å². The third kappa shape index (κ3) is 110. The lowest BCUT2D eigenvalue weighted by molar-refractivity contribution is -0.109. The van der Waals surface area contributed by atoms with E-state index in [-0.39, 0.29) is 0 Å². The maximum atomic E-state index is 9.06. The molecule has 1 amide bonds. The molecule has 0 unspecified atom stereocenters. The lowest BCUT2D eigenvalue weighted by Crippen LogP contribution is -1.98. The molecule has 0 atom stereocenters. The van der Waals surface area contributed by atoms with Crippen LogP contribution in [-0.2, 0) is 4.79 Å². The number of nitrogens with two attached hydrogens (primary N) is 1. The molecule has 0 saturated heterocycles. The number of nitrogens with one attached hydrogen (secondary N) is 1. The first-order valence-corrected chi connectivity index (χ1v) is 1.60. The fourth-order valence-corrected chi connectivity index (χ4v) is 0. The van der Waals surface area contributed by atoms with Gasteiger partial charge in [-0.1, -0.05) is 0 Å². The minimum atomic E-state index is 0.625. The lowest BCUT2D eigenvalue weighted by Gasteiger charge is -1.64.